The third-order valence-electron chi connectivity index (χ3n) is 1.54. The van der Waals surface area contributed by atoms with E-state index in [9.17, 15) is 8.78 Å². The third-order valence-corrected chi connectivity index (χ3v) is 1.54. The summed E-state index contributed by atoms with van der Waals surface area (Å²) in [5.41, 5.74) is 0. The fourth-order valence-electron chi connectivity index (χ4n) is 0.879. The number of allylic oxidation sites excluding steroid dienone is 3. The summed E-state index contributed by atoms with van der Waals surface area (Å²) in [6.07, 6.45) is 0.118. The van der Waals surface area contributed by atoms with Crippen LogP contribution in [0, 0.1) is 5.92 Å². The van der Waals surface area contributed by atoms with Gasteiger partial charge >= 0.3 is 0 Å². The summed E-state index contributed by atoms with van der Waals surface area (Å²) in [6, 6.07) is 0. The Morgan fingerprint density at radius 2 is 2.00 bits per heavy atom. The van der Waals surface area contributed by atoms with Gasteiger partial charge < -0.3 is 5.11 Å². The first-order valence-electron chi connectivity index (χ1n) is 3.89. The van der Waals surface area contributed by atoms with Crippen molar-refractivity contribution in [2.24, 2.45) is 5.92 Å². The van der Waals surface area contributed by atoms with Crippen molar-refractivity contribution in [1.82, 2.24) is 0 Å². The van der Waals surface area contributed by atoms with E-state index in [2.05, 4.69) is 6.58 Å². The minimum atomic E-state index is -0.785. The summed E-state index contributed by atoms with van der Waals surface area (Å²) in [4.78, 5) is 0. The normalized spacial score (nSPS) is 15.3. The highest BCUT2D eigenvalue weighted by Gasteiger charge is 2.14. The van der Waals surface area contributed by atoms with Gasteiger partial charge in [-0.25, -0.2) is 8.78 Å². The molecule has 70 valence electrons. The zero-order valence-corrected chi connectivity index (χ0v) is 7.40. The number of rotatable bonds is 4. The maximum atomic E-state index is 12.9. The van der Waals surface area contributed by atoms with Gasteiger partial charge in [0.15, 0.2) is 0 Å². The predicted octanol–water partition coefficient (Wildman–Crippen LogP) is 3.64. The zero-order chi connectivity index (χ0) is 9.72. The molecule has 0 radical (unpaired) electrons. The van der Waals surface area contributed by atoms with Crippen molar-refractivity contribution in [3.05, 3.63) is 24.0 Å². The zero-order valence-electron chi connectivity index (χ0n) is 7.40. The minimum absolute atomic E-state index is 0.0497. The number of aliphatic hydroxyl groups is 1. The summed E-state index contributed by atoms with van der Waals surface area (Å²) in [5.74, 6) is -2.28. The second-order valence-electron chi connectivity index (χ2n) is 2.78. The Bertz CT molecular complexity index is 197. The molecule has 0 aromatic carbocycles. The Labute approximate surface area is 71.4 Å². The maximum absolute atomic E-state index is 12.9. The fraction of sp³-hybridized carbons (Fsp3) is 0.556. The summed E-state index contributed by atoms with van der Waals surface area (Å²) in [7, 11) is 0. The van der Waals surface area contributed by atoms with E-state index in [1.165, 1.54) is 13.8 Å². The highest BCUT2D eigenvalue weighted by molar-refractivity contribution is 5.04. The first-order valence-corrected chi connectivity index (χ1v) is 3.89. The molecule has 0 saturated heterocycles. The van der Waals surface area contributed by atoms with Crippen LogP contribution in [0.5, 0.6) is 0 Å². The van der Waals surface area contributed by atoms with Gasteiger partial charge in [-0.3, -0.25) is 0 Å². The van der Waals surface area contributed by atoms with Gasteiger partial charge in [-0.2, -0.15) is 0 Å². The molecular formula is C9H14F2O. The Morgan fingerprint density at radius 3 is 2.33 bits per heavy atom. The fourth-order valence-corrected chi connectivity index (χ4v) is 0.879. The Kier molecular flexibility index (Phi) is 4.55. The molecule has 0 aromatic heterocycles. The van der Waals surface area contributed by atoms with Crippen molar-refractivity contribution >= 4 is 0 Å². The van der Waals surface area contributed by atoms with Crippen LogP contribution in [0.3, 0.4) is 0 Å². The molecule has 12 heavy (non-hydrogen) atoms. The summed E-state index contributed by atoms with van der Waals surface area (Å²) in [6.45, 7) is 6.25. The van der Waals surface area contributed by atoms with Crippen LogP contribution in [0.25, 0.3) is 0 Å². The van der Waals surface area contributed by atoms with E-state index in [1.54, 1.807) is 0 Å². The Hall–Kier alpha value is -0.860. The van der Waals surface area contributed by atoms with Gasteiger partial charge in [0.2, 0.25) is 0 Å². The maximum Gasteiger partial charge on any atom is 0.134 e. The standard InChI is InChI=1S/C9H14F2O/c1-4-8(10)9(11)6(2)5-7(3)12/h6,12H,3-5H2,1-2H3/b9-8-/t6-/m1/s1. The molecule has 0 aliphatic carbocycles. The molecule has 0 aliphatic rings. The Balaban J connectivity index is 4.27. The van der Waals surface area contributed by atoms with Crippen LogP contribution in [0.15, 0.2) is 24.0 Å². The van der Waals surface area contributed by atoms with Crippen LogP contribution in [0.4, 0.5) is 8.78 Å². The predicted molar refractivity (Wildman–Crippen MR) is 45.1 cm³/mol. The molecule has 0 aromatic rings. The molecule has 3 heteroatoms. The van der Waals surface area contributed by atoms with Gasteiger partial charge in [0.25, 0.3) is 0 Å². The van der Waals surface area contributed by atoms with Gasteiger partial charge in [0.1, 0.15) is 11.7 Å². The molecule has 0 amide bonds. The van der Waals surface area contributed by atoms with Crippen molar-refractivity contribution in [2.45, 2.75) is 26.7 Å². The molecule has 0 bridgehead atoms. The van der Waals surface area contributed by atoms with Gasteiger partial charge in [-0.05, 0) is 6.42 Å². The SMILES string of the molecule is C=C(O)C[C@@H](C)/C(F)=C(/F)CC. The Morgan fingerprint density at radius 1 is 1.50 bits per heavy atom. The molecule has 1 atom stereocenters. The van der Waals surface area contributed by atoms with Crippen LogP contribution in [-0.2, 0) is 0 Å². The quantitative estimate of drug-likeness (QED) is 0.648. The number of halogens is 2. The monoisotopic (exact) mass is 176 g/mol. The average molecular weight is 176 g/mol. The highest BCUT2D eigenvalue weighted by Crippen LogP contribution is 2.24. The second kappa shape index (κ2) is 4.91. The van der Waals surface area contributed by atoms with E-state index >= 15 is 0 Å². The van der Waals surface area contributed by atoms with Crippen molar-refractivity contribution in [1.29, 1.82) is 0 Å². The van der Waals surface area contributed by atoms with E-state index in [-0.39, 0.29) is 18.6 Å². The third kappa shape index (κ3) is 3.51. The first-order chi connectivity index (χ1) is 5.49. The van der Waals surface area contributed by atoms with Crippen molar-refractivity contribution in [2.75, 3.05) is 0 Å². The minimum Gasteiger partial charge on any atom is -0.513 e. The summed E-state index contributed by atoms with van der Waals surface area (Å²) in [5, 5.41) is 8.72. The van der Waals surface area contributed by atoms with Crippen LogP contribution in [-0.4, -0.2) is 5.11 Å². The molecular weight excluding hydrogens is 162 g/mol. The topological polar surface area (TPSA) is 20.2 Å². The molecule has 0 rings (SSSR count). The van der Waals surface area contributed by atoms with E-state index < -0.39 is 17.6 Å². The van der Waals surface area contributed by atoms with Crippen LogP contribution in [0.1, 0.15) is 26.7 Å². The van der Waals surface area contributed by atoms with E-state index in [0.717, 1.165) is 0 Å². The van der Waals surface area contributed by atoms with Gasteiger partial charge in [-0.15, -0.1) is 0 Å². The van der Waals surface area contributed by atoms with Crippen molar-refractivity contribution in [3.63, 3.8) is 0 Å². The molecule has 0 spiro atoms. The summed E-state index contributed by atoms with van der Waals surface area (Å²) < 4.78 is 25.5. The van der Waals surface area contributed by atoms with Gasteiger partial charge in [0, 0.05) is 12.3 Å². The van der Waals surface area contributed by atoms with E-state index in [0.29, 0.717) is 0 Å². The summed E-state index contributed by atoms with van der Waals surface area (Å²) >= 11 is 0. The van der Waals surface area contributed by atoms with Crippen molar-refractivity contribution in [3.8, 4) is 0 Å². The highest BCUT2D eigenvalue weighted by atomic mass is 19.2. The molecule has 0 unspecified atom stereocenters. The molecule has 0 aliphatic heterocycles. The molecule has 0 saturated carbocycles. The van der Waals surface area contributed by atoms with Crippen LogP contribution in [0.2, 0.25) is 0 Å². The number of aliphatic hydroxyl groups excluding tert-OH is 1. The van der Waals surface area contributed by atoms with E-state index in [4.69, 9.17) is 5.11 Å². The molecule has 0 fully saturated rings. The van der Waals surface area contributed by atoms with Gasteiger partial charge in [0.05, 0.1) is 5.76 Å². The number of hydrogen-bond acceptors (Lipinski definition) is 1. The number of hydrogen-bond donors (Lipinski definition) is 1. The lowest BCUT2D eigenvalue weighted by Gasteiger charge is -2.08. The van der Waals surface area contributed by atoms with Crippen molar-refractivity contribution < 1.29 is 13.9 Å². The molecule has 1 nitrogen and oxygen atoms in total. The second-order valence-corrected chi connectivity index (χ2v) is 2.78. The first kappa shape index (κ1) is 11.1. The lowest BCUT2D eigenvalue weighted by Crippen LogP contribution is -1.98. The van der Waals surface area contributed by atoms with Crippen LogP contribution < -0.4 is 0 Å². The smallest absolute Gasteiger partial charge is 0.134 e. The molecule has 1 N–H and O–H groups in total. The lowest BCUT2D eigenvalue weighted by atomic mass is 10.0. The molecule has 0 heterocycles. The van der Waals surface area contributed by atoms with E-state index in [1.807, 2.05) is 0 Å². The largest absolute Gasteiger partial charge is 0.513 e. The average Bonchev–Trinajstić information content (AvgIpc) is 2.00. The lowest BCUT2D eigenvalue weighted by molar-refractivity contribution is 0.347. The van der Waals surface area contributed by atoms with Crippen LogP contribution >= 0.6 is 0 Å². The van der Waals surface area contributed by atoms with Gasteiger partial charge in [-0.1, -0.05) is 20.4 Å².